The number of hydrogen-bond donors (Lipinski definition) is 2. The van der Waals surface area contributed by atoms with Crippen LogP contribution < -0.4 is 0 Å². The van der Waals surface area contributed by atoms with Crippen molar-refractivity contribution >= 4 is 21.8 Å². The summed E-state index contributed by atoms with van der Waals surface area (Å²) in [5, 5.41) is 11.8. The maximum Gasteiger partial charge on any atom is 0.198 e. The van der Waals surface area contributed by atoms with E-state index in [1.54, 1.807) is 6.20 Å². The third kappa shape index (κ3) is 1.58. The summed E-state index contributed by atoms with van der Waals surface area (Å²) in [6.07, 6.45) is 0.737. The zero-order valence-electron chi connectivity index (χ0n) is 9.34. The third-order valence-corrected chi connectivity index (χ3v) is 2.89. The normalized spacial score (nSPS) is 13.3. The van der Waals surface area contributed by atoms with Crippen LogP contribution in [0.3, 0.4) is 0 Å². The van der Waals surface area contributed by atoms with Crippen LogP contribution in [-0.2, 0) is 4.74 Å². The van der Waals surface area contributed by atoms with Gasteiger partial charge in [-0.05, 0) is 12.1 Å². The number of pyridine rings is 1. The van der Waals surface area contributed by atoms with E-state index in [-0.39, 0.29) is 0 Å². The number of H-pyrrole nitrogens is 1. The minimum atomic E-state index is -0.979. The predicted octanol–water partition coefficient (Wildman–Crippen LogP) is 2.35. The Bertz CT molecular complexity index is 675. The largest absolute Gasteiger partial charge is 0.363 e. The molecule has 2 N–H and O–H groups in total. The lowest BCUT2D eigenvalue weighted by Gasteiger charge is -2.06. The lowest BCUT2D eigenvalue weighted by Crippen LogP contribution is -2.01. The van der Waals surface area contributed by atoms with Gasteiger partial charge >= 0.3 is 0 Å². The summed E-state index contributed by atoms with van der Waals surface area (Å²) in [5.41, 5.74) is 2.54. The molecule has 2 aromatic heterocycles. The van der Waals surface area contributed by atoms with Crippen LogP contribution in [0, 0.1) is 0 Å². The van der Waals surface area contributed by atoms with E-state index in [1.165, 1.54) is 7.11 Å². The first kappa shape index (κ1) is 10.3. The Morgan fingerprint density at radius 3 is 2.88 bits per heavy atom. The van der Waals surface area contributed by atoms with Crippen LogP contribution in [0.15, 0.2) is 36.5 Å². The van der Waals surface area contributed by atoms with E-state index in [2.05, 4.69) is 9.97 Å². The Labute approximate surface area is 97.9 Å². The van der Waals surface area contributed by atoms with Gasteiger partial charge in [0.2, 0.25) is 0 Å². The second-order valence-electron chi connectivity index (χ2n) is 3.91. The standard InChI is InChI=1S/C13H12N2O2/c1-17-13(16)11-6-9-8-4-2-3-5-10(8)15-12(9)7-14-11/h2-7,13,15-16H,1H3. The van der Waals surface area contributed by atoms with Gasteiger partial charge in [-0.15, -0.1) is 0 Å². The molecule has 0 radical (unpaired) electrons. The quantitative estimate of drug-likeness (QED) is 0.662. The Balaban J connectivity index is 2.30. The monoisotopic (exact) mass is 228 g/mol. The van der Waals surface area contributed by atoms with Crippen molar-refractivity contribution in [3.63, 3.8) is 0 Å². The summed E-state index contributed by atoms with van der Waals surface area (Å²) < 4.78 is 4.86. The highest BCUT2D eigenvalue weighted by molar-refractivity contribution is 6.06. The van der Waals surface area contributed by atoms with Crippen molar-refractivity contribution in [2.24, 2.45) is 0 Å². The molecule has 4 heteroatoms. The van der Waals surface area contributed by atoms with E-state index < -0.39 is 6.29 Å². The molecule has 4 nitrogen and oxygen atoms in total. The first-order valence-corrected chi connectivity index (χ1v) is 5.37. The van der Waals surface area contributed by atoms with Gasteiger partial charge in [-0.1, -0.05) is 18.2 Å². The molecule has 0 aliphatic rings. The van der Waals surface area contributed by atoms with Crippen LogP contribution in [0.1, 0.15) is 12.0 Å². The molecular formula is C13H12N2O2. The number of benzene rings is 1. The number of aromatic nitrogens is 2. The molecule has 1 aromatic carbocycles. The van der Waals surface area contributed by atoms with Gasteiger partial charge in [-0.2, -0.15) is 0 Å². The van der Waals surface area contributed by atoms with Gasteiger partial charge in [0.1, 0.15) is 0 Å². The van der Waals surface area contributed by atoms with Crippen molar-refractivity contribution < 1.29 is 9.84 Å². The first-order valence-electron chi connectivity index (χ1n) is 5.37. The molecule has 86 valence electrons. The third-order valence-electron chi connectivity index (χ3n) is 2.89. The molecule has 0 amide bonds. The van der Waals surface area contributed by atoms with Crippen LogP contribution >= 0.6 is 0 Å². The fraction of sp³-hybridized carbons (Fsp3) is 0.154. The summed E-state index contributed by atoms with van der Waals surface area (Å²) in [7, 11) is 1.45. The summed E-state index contributed by atoms with van der Waals surface area (Å²) in [5.74, 6) is 0. The molecular weight excluding hydrogens is 216 g/mol. The first-order chi connectivity index (χ1) is 8.29. The van der Waals surface area contributed by atoms with Gasteiger partial charge in [0, 0.05) is 23.4 Å². The van der Waals surface area contributed by atoms with Gasteiger partial charge in [0.05, 0.1) is 17.4 Å². The van der Waals surface area contributed by atoms with Crippen molar-refractivity contribution in [3.8, 4) is 0 Å². The molecule has 0 bridgehead atoms. The number of hydrogen-bond acceptors (Lipinski definition) is 3. The van der Waals surface area contributed by atoms with E-state index in [0.717, 1.165) is 21.8 Å². The molecule has 3 aromatic rings. The second kappa shape index (κ2) is 3.84. The Morgan fingerprint density at radius 2 is 2.06 bits per heavy atom. The van der Waals surface area contributed by atoms with Crippen LogP contribution in [0.25, 0.3) is 21.8 Å². The number of nitrogens with zero attached hydrogens (tertiary/aromatic N) is 1. The number of para-hydroxylation sites is 1. The summed E-state index contributed by atoms with van der Waals surface area (Å²) in [6.45, 7) is 0. The highest BCUT2D eigenvalue weighted by atomic mass is 16.6. The number of rotatable bonds is 2. The second-order valence-corrected chi connectivity index (χ2v) is 3.91. The Kier molecular flexibility index (Phi) is 2.31. The van der Waals surface area contributed by atoms with Gasteiger partial charge in [-0.3, -0.25) is 4.98 Å². The fourth-order valence-corrected chi connectivity index (χ4v) is 2.02. The van der Waals surface area contributed by atoms with Crippen LogP contribution in [0.5, 0.6) is 0 Å². The van der Waals surface area contributed by atoms with Gasteiger partial charge in [0.25, 0.3) is 0 Å². The lowest BCUT2D eigenvalue weighted by atomic mass is 10.1. The minimum Gasteiger partial charge on any atom is -0.363 e. The average molecular weight is 228 g/mol. The molecule has 1 atom stereocenters. The van der Waals surface area contributed by atoms with Crippen molar-refractivity contribution in [2.45, 2.75) is 6.29 Å². The van der Waals surface area contributed by atoms with E-state index in [1.807, 2.05) is 30.3 Å². The predicted molar refractivity (Wildman–Crippen MR) is 65.6 cm³/mol. The molecule has 0 aliphatic heterocycles. The van der Waals surface area contributed by atoms with Crippen molar-refractivity contribution in [1.82, 2.24) is 9.97 Å². The molecule has 1 unspecified atom stereocenters. The highest BCUT2D eigenvalue weighted by Crippen LogP contribution is 2.26. The number of ether oxygens (including phenoxy) is 1. The SMILES string of the molecule is COC(O)c1cc2c(cn1)[nH]c1ccccc12. The summed E-state index contributed by atoms with van der Waals surface area (Å²) in [6, 6.07) is 9.87. The van der Waals surface area contributed by atoms with Crippen LogP contribution in [0.4, 0.5) is 0 Å². The summed E-state index contributed by atoms with van der Waals surface area (Å²) >= 11 is 0. The van der Waals surface area contributed by atoms with E-state index in [0.29, 0.717) is 5.69 Å². The molecule has 0 spiro atoms. The van der Waals surface area contributed by atoms with E-state index in [4.69, 9.17) is 4.74 Å². The highest BCUT2D eigenvalue weighted by Gasteiger charge is 2.10. The smallest absolute Gasteiger partial charge is 0.198 e. The number of aliphatic hydroxyl groups is 1. The van der Waals surface area contributed by atoms with Crippen molar-refractivity contribution in [3.05, 3.63) is 42.2 Å². The van der Waals surface area contributed by atoms with Gasteiger partial charge < -0.3 is 14.8 Å². The zero-order valence-corrected chi connectivity index (χ0v) is 9.34. The molecule has 0 saturated heterocycles. The van der Waals surface area contributed by atoms with Gasteiger partial charge in [0.15, 0.2) is 6.29 Å². The molecule has 0 saturated carbocycles. The fourth-order valence-electron chi connectivity index (χ4n) is 2.02. The van der Waals surface area contributed by atoms with Crippen molar-refractivity contribution in [1.29, 1.82) is 0 Å². The molecule has 0 aliphatic carbocycles. The number of methoxy groups -OCH3 is 1. The maximum absolute atomic E-state index is 9.60. The van der Waals surface area contributed by atoms with Crippen LogP contribution in [0.2, 0.25) is 0 Å². The Hall–Kier alpha value is -1.91. The zero-order chi connectivity index (χ0) is 11.8. The average Bonchev–Trinajstić information content (AvgIpc) is 2.75. The molecule has 2 heterocycles. The topological polar surface area (TPSA) is 58.1 Å². The van der Waals surface area contributed by atoms with Crippen molar-refractivity contribution in [2.75, 3.05) is 7.11 Å². The Morgan fingerprint density at radius 1 is 1.24 bits per heavy atom. The van der Waals surface area contributed by atoms with Crippen LogP contribution in [-0.4, -0.2) is 22.2 Å². The number of aromatic amines is 1. The molecule has 3 rings (SSSR count). The van der Waals surface area contributed by atoms with E-state index in [9.17, 15) is 5.11 Å². The van der Waals surface area contributed by atoms with Gasteiger partial charge in [-0.25, -0.2) is 0 Å². The van der Waals surface area contributed by atoms with E-state index >= 15 is 0 Å². The lowest BCUT2D eigenvalue weighted by molar-refractivity contribution is -0.0797. The minimum absolute atomic E-state index is 0.518. The number of fused-ring (bicyclic) bond motifs is 3. The molecule has 0 fully saturated rings. The number of nitrogens with one attached hydrogen (secondary N) is 1. The maximum atomic E-state index is 9.60. The number of aliphatic hydroxyl groups excluding tert-OH is 1. The molecule has 17 heavy (non-hydrogen) atoms. The summed E-state index contributed by atoms with van der Waals surface area (Å²) in [4.78, 5) is 7.44.